The van der Waals surface area contributed by atoms with Crippen LogP contribution in [0.25, 0.3) is 0 Å². The molecule has 17 heavy (non-hydrogen) atoms. The zero-order valence-electron chi connectivity index (χ0n) is 9.44. The molecule has 0 bridgehead atoms. The van der Waals surface area contributed by atoms with Crippen molar-refractivity contribution in [3.05, 3.63) is 28.2 Å². The van der Waals surface area contributed by atoms with Gasteiger partial charge in [0.25, 0.3) is 5.91 Å². The Morgan fingerprint density at radius 1 is 1.47 bits per heavy atom. The number of hydrogen-bond donors (Lipinski definition) is 1. The van der Waals surface area contributed by atoms with E-state index in [1.807, 2.05) is 0 Å². The molecule has 1 aromatic rings. The summed E-state index contributed by atoms with van der Waals surface area (Å²) in [6.45, 7) is -0.345. The molecule has 0 saturated heterocycles. The molecule has 0 unspecified atom stereocenters. The Kier molecular flexibility index (Phi) is 4.51. The number of nitrogens with zero attached hydrogens (tertiary/aromatic N) is 1. The summed E-state index contributed by atoms with van der Waals surface area (Å²) in [5.74, 6) is -0.890. The Bertz CT molecular complexity index is 447. The molecule has 0 saturated carbocycles. The van der Waals surface area contributed by atoms with E-state index in [2.05, 4.69) is 15.9 Å². The lowest BCUT2D eigenvalue weighted by Crippen LogP contribution is -2.32. The van der Waals surface area contributed by atoms with E-state index in [1.54, 1.807) is 18.2 Å². The summed E-state index contributed by atoms with van der Waals surface area (Å²) in [6.07, 6.45) is 0. The summed E-state index contributed by atoms with van der Waals surface area (Å²) in [4.78, 5) is 23.6. The van der Waals surface area contributed by atoms with E-state index in [9.17, 15) is 9.59 Å². The number of carboxylic acids is 1. The molecule has 0 fully saturated rings. The van der Waals surface area contributed by atoms with E-state index in [0.717, 1.165) is 4.90 Å². The van der Waals surface area contributed by atoms with Gasteiger partial charge in [0.1, 0.15) is 12.3 Å². The van der Waals surface area contributed by atoms with Gasteiger partial charge in [-0.15, -0.1) is 0 Å². The van der Waals surface area contributed by atoms with E-state index in [4.69, 9.17) is 9.84 Å². The molecule has 1 rings (SSSR count). The number of methoxy groups -OCH3 is 1. The summed E-state index contributed by atoms with van der Waals surface area (Å²) in [5, 5.41) is 8.62. The van der Waals surface area contributed by atoms with Gasteiger partial charge in [-0.2, -0.15) is 0 Å². The first-order chi connectivity index (χ1) is 7.95. The third-order valence-electron chi connectivity index (χ3n) is 2.12. The molecule has 0 heterocycles. The van der Waals surface area contributed by atoms with Crippen molar-refractivity contribution >= 4 is 27.8 Å². The fraction of sp³-hybridized carbons (Fsp3) is 0.273. The van der Waals surface area contributed by atoms with Crippen molar-refractivity contribution in [2.24, 2.45) is 0 Å². The van der Waals surface area contributed by atoms with Crippen molar-refractivity contribution < 1.29 is 19.4 Å². The number of amides is 1. The second kappa shape index (κ2) is 5.67. The molecule has 0 aliphatic rings. The van der Waals surface area contributed by atoms with Gasteiger partial charge in [0.05, 0.1) is 12.7 Å². The van der Waals surface area contributed by atoms with Gasteiger partial charge in [-0.25, -0.2) is 0 Å². The first kappa shape index (κ1) is 13.5. The normalized spacial score (nSPS) is 9.82. The minimum atomic E-state index is -1.06. The predicted octanol–water partition coefficient (Wildman–Crippen LogP) is 1.61. The second-order valence-electron chi connectivity index (χ2n) is 3.40. The maximum atomic E-state index is 11.9. The molecular weight excluding hydrogens is 290 g/mol. The van der Waals surface area contributed by atoms with Crippen LogP contribution in [0.2, 0.25) is 0 Å². The second-order valence-corrected chi connectivity index (χ2v) is 4.26. The highest BCUT2D eigenvalue weighted by Crippen LogP contribution is 2.23. The van der Waals surface area contributed by atoms with Gasteiger partial charge in [-0.1, -0.05) is 0 Å². The number of aliphatic carboxylic acids is 1. The molecule has 0 aliphatic heterocycles. The van der Waals surface area contributed by atoms with Crippen molar-refractivity contribution in [2.45, 2.75) is 0 Å². The number of hydrogen-bond acceptors (Lipinski definition) is 3. The van der Waals surface area contributed by atoms with Gasteiger partial charge in [0.15, 0.2) is 0 Å². The third kappa shape index (κ3) is 3.45. The lowest BCUT2D eigenvalue weighted by atomic mass is 10.2. The average molecular weight is 302 g/mol. The van der Waals surface area contributed by atoms with E-state index in [-0.39, 0.29) is 12.5 Å². The summed E-state index contributed by atoms with van der Waals surface area (Å²) >= 11 is 3.24. The molecule has 92 valence electrons. The monoisotopic (exact) mass is 301 g/mol. The number of carbonyl (C=O) groups is 2. The molecule has 6 heteroatoms. The van der Waals surface area contributed by atoms with Crippen molar-refractivity contribution in [3.63, 3.8) is 0 Å². The van der Waals surface area contributed by atoms with Crippen molar-refractivity contribution in [2.75, 3.05) is 20.7 Å². The van der Waals surface area contributed by atoms with Crippen LogP contribution in [-0.2, 0) is 4.79 Å². The zero-order chi connectivity index (χ0) is 13.0. The van der Waals surface area contributed by atoms with Gasteiger partial charge >= 0.3 is 5.97 Å². The molecule has 0 radical (unpaired) electrons. The van der Waals surface area contributed by atoms with Gasteiger partial charge in [-0.3, -0.25) is 9.59 Å². The molecule has 0 spiro atoms. The highest BCUT2D eigenvalue weighted by Gasteiger charge is 2.17. The van der Waals surface area contributed by atoms with E-state index < -0.39 is 5.97 Å². The lowest BCUT2D eigenvalue weighted by Gasteiger charge is -2.16. The predicted molar refractivity (Wildman–Crippen MR) is 65.3 cm³/mol. The van der Waals surface area contributed by atoms with Gasteiger partial charge < -0.3 is 14.7 Å². The van der Waals surface area contributed by atoms with Crippen molar-refractivity contribution in [1.82, 2.24) is 4.90 Å². The van der Waals surface area contributed by atoms with Crippen LogP contribution in [0.5, 0.6) is 5.75 Å². The molecule has 1 N–H and O–H groups in total. The number of rotatable bonds is 4. The third-order valence-corrected chi connectivity index (χ3v) is 2.81. The molecule has 0 aromatic heterocycles. The fourth-order valence-corrected chi connectivity index (χ4v) is 1.69. The van der Waals surface area contributed by atoms with Crippen molar-refractivity contribution in [1.29, 1.82) is 0 Å². The number of likely N-dealkylation sites (N-methyl/N-ethyl adjacent to an activating group) is 1. The molecule has 1 aromatic carbocycles. The number of benzene rings is 1. The maximum absolute atomic E-state index is 11.9. The zero-order valence-corrected chi connectivity index (χ0v) is 11.0. The minimum absolute atomic E-state index is 0.345. The van der Waals surface area contributed by atoms with E-state index in [0.29, 0.717) is 15.8 Å². The SMILES string of the molecule is COc1ccc(Br)c(C(=O)N(C)CC(=O)O)c1. The van der Waals surface area contributed by atoms with Crippen LogP contribution in [0.4, 0.5) is 0 Å². The summed E-state index contributed by atoms with van der Waals surface area (Å²) < 4.78 is 5.61. The Morgan fingerprint density at radius 3 is 2.65 bits per heavy atom. The van der Waals surface area contributed by atoms with Crippen LogP contribution in [0.1, 0.15) is 10.4 Å². The Morgan fingerprint density at radius 2 is 2.12 bits per heavy atom. The quantitative estimate of drug-likeness (QED) is 0.917. The molecular formula is C11H12BrNO4. The van der Waals surface area contributed by atoms with E-state index in [1.165, 1.54) is 14.2 Å². The van der Waals surface area contributed by atoms with Crippen LogP contribution < -0.4 is 4.74 Å². The number of halogens is 1. The van der Waals surface area contributed by atoms with Crippen LogP contribution in [0, 0.1) is 0 Å². The summed E-state index contributed by atoms with van der Waals surface area (Å²) in [6, 6.07) is 4.95. The Labute approximate surface area is 107 Å². The van der Waals surface area contributed by atoms with Crippen molar-refractivity contribution in [3.8, 4) is 5.75 Å². The summed E-state index contributed by atoms with van der Waals surface area (Å²) in [7, 11) is 2.93. The van der Waals surface area contributed by atoms with Crippen LogP contribution in [0.15, 0.2) is 22.7 Å². The Balaban J connectivity index is 2.98. The highest BCUT2D eigenvalue weighted by molar-refractivity contribution is 9.10. The minimum Gasteiger partial charge on any atom is -0.497 e. The largest absolute Gasteiger partial charge is 0.497 e. The molecule has 0 atom stereocenters. The van der Waals surface area contributed by atoms with Crippen LogP contribution in [-0.4, -0.2) is 42.6 Å². The number of ether oxygens (including phenoxy) is 1. The van der Waals surface area contributed by atoms with Gasteiger partial charge in [0.2, 0.25) is 0 Å². The lowest BCUT2D eigenvalue weighted by molar-refractivity contribution is -0.137. The molecule has 5 nitrogen and oxygen atoms in total. The molecule has 0 aliphatic carbocycles. The Hall–Kier alpha value is -1.56. The highest BCUT2D eigenvalue weighted by atomic mass is 79.9. The van der Waals surface area contributed by atoms with Crippen LogP contribution in [0.3, 0.4) is 0 Å². The standard InChI is InChI=1S/C11H12BrNO4/c1-13(6-10(14)15)11(16)8-5-7(17-2)3-4-9(8)12/h3-5H,6H2,1-2H3,(H,14,15). The summed E-state index contributed by atoms with van der Waals surface area (Å²) in [5.41, 5.74) is 0.369. The maximum Gasteiger partial charge on any atom is 0.323 e. The number of carboxylic acid groups (broad SMARTS) is 1. The van der Waals surface area contributed by atoms with E-state index >= 15 is 0 Å². The van der Waals surface area contributed by atoms with Gasteiger partial charge in [-0.05, 0) is 34.1 Å². The first-order valence-electron chi connectivity index (χ1n) is 4.76. The smallest absolute Gasteiger partial charge is 0.323 e. The number of carbonyl (C=O) groups excluding carboxylic acids is 1. The van der Waals surface area contributed by atoms with Crippen LogP contribution >= 0.6 is 15.9 Å². The topological polar surface area (TPSA) is 66.8 Å². The van der Waals surface area contributed by atoms with Gasteiger partial charge in [0, 0.05) is 11.5 Å². The molecule has 1 amide bonds. The fourth-order valence-electron chi connectivity index (χ4n) is 1.28. The first-order valence-corrected chi connectivity index (χ1v) is 5.55. The average Bonchev–Trinajstić information content (AvgIpc) is 2.28.